The van der Waals surface area contributed by atoms with Crippen molar-refractivity contribution in [3.05, 3.63) is 70.7 Å². The molecule has 3 nitrogen and oxygen atoms in total. The molecule has 0 bridgehead atoms. The summed E-state index contributed by atoms with van der Waals surface area (Å²) in [5.41, 5.74) is 3.20. The molecule has 1 heterocycles. The highest BCUT2D eigenvalue weighted by Crippen LogP contribution is 2.47. The van der Waals surface area contributed by atoms with E-state index in [0.29, 0.717) is 17.3 Å². The van der Waals surface area contributed by atoms with E-state index >= 15 is 0 Å². The third-order valence-corrected chi connectivity index (χ3v) is 6.78. The minimum absolute atomic E-state index is 0.00317. The third kappa shape index (κ3) is 4.03. The Morgan fingerprint density at radius 1 is 1.07 bits per heavy atom. The molecule has 4 rings (SSSR count). The van der Waals surface area contributed by atoms with Crippen LogP contribution in [0.1, 0.15) is 37.1 Å². The molecule has 30 heavy (non-hydrogen) atoms. The summed E-state index contributed by atoms with van der Waals surface area (Å²) in [6.45, 7) is 7.13. The molecule has 0 N–H and O–H groups in total. The van der Waals surface area contributed by atoms with Crippen LogP contribution in [0.25, 0.3) is 10.8 Å². The van der Waals surface area contributed by atoms with Gasteiger partial charge < -0.3 is 9.64 Å². The van der Waals surface area contributed by atoms with Gasteiger partial charge in [-0.05, 0) is 46.2 Å². The van der Waals surface area contributed by atoms with Crippen molar-refractivity contribution >= 4 is 45.7 Å². The Morgan fingerprint density at radius 3 is 2.50 bits per heavy atom. The molecule has 1 aliphatic rings. The largest absolute Gasteiger partial charge is 0.496 e. The van der Waals surface area contributed by atoms with Gasteiger partial charge in [0.25, 0.3) is 0 Å². The number of hydrogen-bond donors (Lipinski definition) is 0. The minimum Gasteiger partial charge on any atom is -0.496 e. The monoisotopic (exact) mass is 439 g/mol. The second-order valence-electron chi connectivity index (χ2n) is 8.84. The number of ether oxygens (including phenoxy) is 1. The summed E-state index contributed by atoms with van der Waals surface area (Å²) in [5, 5.41) is 2.89. The Bertz CT molecular complexity index is 1110. The molecule has 1 unspecified atom stereocenters. The lowest BCUT2D eigenvalue weighted by Gasteiger charge is -2.30. The Hall–Kier alpha value is -2.17. The molecule has 1 aliphatic heterocycles. The second kappa shape index (κ2) is 8.16. The van der Waals surface area contributed by atoms with Gasteiger partial charge in [0.05, 0.1) is 18.1 Å². The number of halogens is 1. The molecule has 0 fully saturated rings. The first kappa shape index (κ1) is 21.1. The van der Waals surface area contributed by atoms with Gasteiger partial charge in [-0.1, -0.05) is 62.7 Å². The topological polar surface area (TPSA) is 29.5 Å². The Labute approximate surface area is 187 Å². The molecule has 0 spiro atoms. The Kier molecular flexibility index (Phi) is 5.73. The first-order valence-electron chi connectivity index (χ1n) is 10.1. The Balaban J connectivity index is 1.92. The summed E-state index contributed by atoms with van der Waals surface area (Å²) in [6, 6.07) is 18.3. The molecule has 156 valence electrons. The molecule has 0 saturated carbocycles. The van der Waals surface area contributed by atoms with Gasteiger partial charge >= 0.3 is 0 Å². The first-order chi connectivity index (χ1) is 14.3. The van der Waals surface area contributed by atoms with Crippen LogP contribution < -0.4 is 9.64 Å². The highest BCUT2D eigenvalue weighted by Gasteiger charge is 2.32. The van der Waals surface area contributed by atoms with Crippen LogP contribution in [-0.2, 0) is 4.79 Å². The van der Waals surface area contributed by atoms with Gasteiger partial charge in [-0.3, -0.25) is 4.79 Å². The molecule has 1 amide bonds. The SMILES string of the molecule is COc1ccc(C2SCC(=O)N(CC(C)(C)C)c3ccc(Cl)cc32)c2ccccc12. The van der Waals surface area contributed by atoms with Crippen LogP contribution in [-0.4, -0.2) is 25.3 Å². The maximum atomic E-state index is 13.1. The molecule has 0 aliphatic carbocycles. The zero-order valence-electron chi connectivity index (χ0n) is 17.7. The predicted octanol–water partition coefficient (Wildman–Crippen LogP) is 6.72. The lowest BCUT2D eigenvalue weighted by atomic mass is 9.93. The van der Waals surface area contributed by atoms with E-state index < -0.39 is 0 Å². The number of nitrogens with zero attached hydrogens (tertiary/aromatic N) is 1. The number of anilines is 1. The summed E-state index contributed by atoms with van der Waals surface area (Å²) < 4.78 is 5.58. The molecule has 3 aromatic carbocycles. The van der Waals surface area contributed by atoms with Crippen molar-refractivity contribution < 1.29 is 9.53 Å². The zero-order valence-corrected chi connectivity index (χ0v) is 19.3. The van der Waals surface area contributed by atoms with Gasteiger partial charge in [0.15, 0.2) is 0 Å². The van der Waals surface area contributed by atoms with Crippen LogP contribution in [0.15, 0.2) is 54.6 Å². The van der Waals surface area contributed by atoms with Crippen molar-refractivity contribution in [2.45, 2.75) is 26.0 Å². The number of benzene rings is 3. The van der Waals surface area contributed by atoms with Crippen LogP contribution >= 0.6 is 23.4 Å². The number of carbonyl (C=O) groups excluding carboxylic acids is 1. The van der Waals surface area contributed by atoms with Crippen LogP contribution in [0.3, 0.4) is 0 Å². The fraction of sp³-hybridized carbons (Fsp3) is 0.320. The highest BCUT2D eigenvalue weighted by atomic mass is 35.5. The van der Waals surface area contributed by atoms with Gasteiger partial charge in [0, 0.05) is 22.6 Å². The zero-order chi connectivity index (χ0) is 21.5. The van der Waals surface area contributed by atoms with Crippen molar-refractivity contribution in [3.63, 3.8) is 0 Å². The van der Waals surface area contributed by atoms with Crippen molar-refractivity contribution in [3.8, 4) is 5.75 Å². The molecule has 0 aromatic heterocycles. The molecule has 5 heteroatoms. The standard InChI is InChI=1S/C25H26ClNO2S/c1-25(2,3)15-27-21-11-9-16(26)13-20(21)24(30-14-23(27)28)19-10-12-22(29-4)18-8-6-5-7-17(18)19/h5-13,24H,14-15H2,1-4H3. The smallest absolute Gasteiger partial charge is 0.237 e. The number of methoxy groups -OCH3 is 1. The number of fused-ring (bicyclic) bond motifs is 2. The summed E-state index contributed by atoms with van der Waals surface area (Å²) >= 11 is 8.10. The van der Waals surface area contributed by atoms with E-state index in [-0.39, 0.29) is 16.6 Å². The van der Waals surface area contributed by atoms with Crippen molar-refractivity contribution in [1.29, 1.82) is 0 Å². The minimum atomic E-state index is -0.0100. The van der Waals surface area contributed by atoms with Crippen LogP contribution in [0, 0.1) is 5.41 Å². The third-order valence-electron chi connectivity index (χ3n) is 5.29. The van der Waals surface area contributed by atoms with Crippen LogP contribution in [0.2, 0.25) is 5.02 Å². The summed E-state index contributed by atoms with van der Waals surface area (Å²) in [6.07, 6.45) is 0. The molecule has 0 radical (unpaired) electrons. The van der Waals surface area contributed by atoms with E-state index in [1.54, 1.807) is 18.9 Å². The van der Waals surface area contributed by atoms with Gasteiger partial charge in [-0.15, -0.1) is 11.8 Å². The number of hydrogen-bond acceptors (Lipinski definition) is 3. The highest BCUT2D eigenvalue weighted by molar-refractivity contribution is 8.00. The van der Waals surface area contributed by atoms with E-state index in [0.717, 1.165) is 27.8 Å². The summed E-state index contributed by atoms with van der Waals surface area (Å²) in [4.78, 5) is 15.1. The number of thioether (sulfide) groups is 1. The van der Waals surface area contributed by atoms with Crippen molar-refractivity contribution in [2.75, 3.05) is 24.3 Å². The maximum Gasteiger partial charge on any atom is 0.237 e. The summed E-state index contributed by atoms with van der Waals surface area (Å²) in [7, 11) is 1.69. The molecule has 1 atom stereocenters. The van der Waals surface area contributed by atoms with E-state index in [2.05, 4.69) is 39.0 Å². The van der Waals surface area contributed by atoms with Gasteiger partial charge in [0.2, 0.25) is 5.91 Å². The average Bonchev–Trinajstić information content (AvgIpc) is 2.83. The Morgan fingerprint density at radius 2 is 1.80 bits per heavy atom. The van der Waals surface area contributed by atoms with E-state index in [1.165, 1.54) is 5.56 Å². The van der Waals surface area contributed by atoms with Gasteiger partial charge in [-0.2, -0.15) is 0 Å². The first-order valence-corrected chi connectivity index (χ1v) is 11.5. The molecular weight excluding hydrogens is 414 g/mol. The molecular formula is C25H26ClNO2S. The van der Waals surface area contributed by atoms with Gasteiger partial charge in [-0.25, -0.2) is 0 Å². The summed E-state index contributed by atoms with van der Waals surface area (Å²) in [5.74, 6) is 1.41. The van der Waals surface area contributed by atoms with E-state index in [1.807, 2.05) is 41.3 Å². The van der Waals surface area contributed by atoms with Gasteiger partial charge in [0.1, 0.15) is 5.75 Å². The number of rotatable bonds is 3. The van der Waals surface area contributed by atoms with Crippen molar-refractivity contribution in [2.24, 2.45) is 5.41 Å². The maximum absolute atomic E-state index is 13.1. The molecule has 3 aromatic rings. The fourth-order valence-corrected chi connectivity index (χ4v) is 5.44. The van der Waals surface area contributed by atoms with Crippen LogP contribution in [0.4, 0.5) is 5.69 Å². The van der Waals surface area contributed by atoms with Crippen LogP contribution in [0.5, 0.6) is 5.75 Å². The van der Waals surface area contributed by atoms with Crippen molar-refractivity contribution in [1.82, 2.24) is 0 Å². The lowest BCUT2D eigenvalue weighted by Crippen LogP contribution is -2.38. The normalized spacial score (nSPS) is 17.0. The average molecular weight is 440 g/mol. The number of carbonyl (C=O) groups is 1. The van der Waals surface area contributed by atoms with E-state index in [9.17, 15) is 4.79 Å². The molecule has 0 saturated heterocycles. The fourth-order valence-electron chi connectivity index (χ4n) is 4.04. The number of amides is 1. The second-order valence-corrected chi connectivity index (χ2v) is 10.4. The predicted molar refractivity (Wildman–Crippen MR) is 128 cm³/mol. The van der Waals surface area contributed by atoms with E-state index in [4.69, 9.17) is 16.3 Å². The lowest BCUT2D eigenvalue weighted by molar-refractivity contribution is -0.116. The quantitative estimate of drug-likeness (QED) is 0.453.